The summed E-state index contributed by atoms with van der Waals surface area (Å²) in [6.45, 7) is 10.3. The molecule has 0 spiro atoms. The van der Waals surface area contributed by atoms with E-state index in [1.807, 2.05) is 25.1 Å². The maximum atomic E-state index is 12.1. The zero-order valence-corrected chi connectivity index (χ0v) is 13.6. The van der Waals surface area contributed by atoms with Crippen LogP contribution in [0.1, 0.15) is 45.2 Å². The largest absolute Gasteiger partial charge is 0.384 e. The van der Waals surface area contributed by atoms with Crippen LogP contribution in [0.4, 0.5) is 5.69 Å². The van der Waals surface area contributed by atoms with E-state index in [1.54, 1.807) is 0 Å². The molecule has 114 valence electrons. The zero-order valence-electron chi connectivity index (χ0n) is 13.6. The summed E-state index contributed by atoms with van der Waals surface area (Å²) in [4.78, 5) is 12.1. The highest BCUT2D eigenvalue weighted by atomic mass is 16.2. The fourth-order valence-corrected chi connectivity index (χ4v) is 1.87. The average Bonchev–Trinajstić information content (AvgIpc) is 2.34. The van der Waals surface area contributed by atoms with Crippen LogP contribution < -0.4 is 5.32 Å². The number of hydrogen-bond acceptors (Lipinski definition) is 2. The van der Waals surface area contributed by atoms with Crippen LogP contribution in [-0.2, 0) is 4.79 Å². The summed E-state index contributed by atoms with van der Waals surface area (Å²) in [5.41, 5.74) is 2.69. The number of rotatable bonds is 3. The number of nitrogens with one attached hydrogen (secondary N) is 1. The van der Waals surface area contributed by atoms with Crippen molar-refractivity contribution in [2.24, 2.45) is 11.3 Å². The molecule has 0 radical (unpaired) electrons. The average molecular weight is 287 g/mol. The summed E-state index contributed by atoms with van der Waals surface area (Å²) in [6, 6.07) is 5.68. The van der Waals surface area contributed by atoms with Crippen molar-refractivity contribution in [2.45, 2.75) is 41.0 Å². The molecule has 0 heterocycles. The molecule has 21 heavy (non-hydrogen) atoms. The third kappa shape index (κ3) is 6.01. The molecule has 1 rings (SSSR count). The molecule has 0 fully saturated rings. The number of aliphatic hydroxyl groups is 1. The van der Waals surface area contributed by atoms with Crippen molar-refractivity contribution in [3.63, 3.8) is 0 Å². The van der Waals surface area contributed by atoms with Crippen molar-refractivity contribution < 1.29 is 9.90 Å². The van der Waals surface area contributed by atoms with E-state index in [4.69, 9.17) is 5.11 Å². The first kappa shape index (κ1) is 17.3. The molecular weight excluding hydrogens is 262 g/mol. The number of anilines is 1. The normalized spacial score (nSPS) is 12.3. The summed E-state index contributed by atoms with van der Waals surface area (Å²) in [7, 11) is 0. The molecule has 0 saturated carbocycles. The zero-order chi connectivity index (χ0) is 16.0. The minimum atomic E-state index is -0.168. The predicted octanol–water partition coefficient (Wildman–Crippen LogP) is 3.35. The van der Waals surface area contributed by atoms with Crippen LogP contribution in [0.3, 0.4) is 0 Å². The van der Waals surface area contributed by atoms with Crippen LogP contribution in [0, 0.1) is 30.1 Å². The third-order valence-electron chi connectivity index (χ3n) is 3.64. The van der Waals surface area contributed by atoms with Gasteiger partial charge in [-0.2, -0.15) is 0 Å². The van der Waals surface area contributed by atoms with E-state index in [0.717, 1.165) is 16.8 Å². The van der Waals surface area contributed by atoms with E-state index < -0.39 is 0 Å². The highest BCUT2D eigenvalue weighted by molar-refractivity contribution is 5.91. The van der Waals surface area contributed by atoms with Crippen LogP contribution in [0.25, 0.3) is 0 Å². The fraction of sp³-hybridized carbons (Fsp3) is 0.500. The van der Waals surface area contributed by atoms with Crippen molar-refractivity contribution in [1.82, 2.24) is 0 Å². The fourth-order valence-electron chi connectivity index (χ4n) is 1.87. The van der Waals surface area contributed by atoms with Gasteiger partial charge in [0.05, 0.1) is 0 Å². The lowest BCUT2D eigenvalue weighted by Crippen LogP contribution is -2.23. The Hall–Kier alpha value is -1.79. The van der Waals surface area contributed by atoms with Crippen molar-refractivity contribution >= 4 is 11.6 Å². The predicted molar refractivity (Wildman–Crippen MR) is 87.0 cm³/mol. The molecule has 2 N–H and O–H groups in total. The number of amides is 1. The van der Waals surface area contributed by atoms with Crippen molar-refractivity contribution in [3.05, 3.63) is 29.3 Å². The van der Waals surface area contributed by atoms with Crippen molar-refractivity contribution in [3.8, 4) is 11.8 Å². The van der Waals surface area contributed by atoms with Gasteiger partial charge in [0, 0.05) is 17.7 Å². The van der Waals surface area contributed by atoms with Gasteiger partial charge >= 0.3 is 0 Å². The lowest BCUT2D eigenvalue weighted by molar-refractivity contribution is -0.117. The minimum Gasteiger partial charge on any atom is -0.384 e. The molecule has 0 aliphatic rings. The molecule has 1 atom stereocenters. The van der Waals surface area contributed by atoms with Crippen LogP contribution in [0.15, 0.2) is 18.2 Å². The minimum absolute atomic E-state index is 0.0177. The highest BCUT2D eigenvalue weighted by Gasteiger charge is 2.22. The van der Waals surface area contributed by atoms with Gasteiger partial charge in [-0.3, -0.25) is 4.79 Å². The van der Waals surface area contributed by atoms with Crippen LogP contribution in [0.2, 0.25) is 0 Å². The smallest absolute Gasteiger partial charge is 0.224 e. The maximum absolute atomic E-state index is 12.1. The van der Waals surface area contributed by atoms with E-state index in [-0.39, 0.29) is 17.9 Å². The number of aliphatic hydroxyl groups excluding tert-OH is 1. The topological polar surface area (TPSA) is 49.3 Å². The van der Waals surface area contributed by atoms with Gasteiger partial charge in [-0.25, -0.2) is 0 Å². The molecule has 0 aliphatic heterocycles. The highest BCUT2D eigenvalue weighted by Crippen LogP contribution is 2.28. The van der Waals surface area contributed by atoms with Gasteiger partial charge < -0.3 is 10.4 Å². The van der Waals surface area contributed by atoms with Gasteiger partial charge in [0.15, 0.2) is 0 Å². The number of carbonyl (C=O) groups is 1. The molecule has 0 aliphatic carbocycles. The molecular formula is C18H25NO2. The van der Waals surface area contributed by atoms with Crippen LogP contribution in [0.5, 0.6) is 0 Å². The Bertz CT molecular complexity index is 559. The summed E-state index contributed by atoms with van der Waals surface area (Å²) < 4.78 is 0. The molecule has 1 amide bonds. The van der Waals surface area contributed by atoms with E-state index in [1.165, 1.54) is 0 Å². The first-order valence-corrected chi connectivity index (χ1v) is 7.23. The standard InChI is InChI=1S/C18H25NO2/c1-13-9-15(7-6-8-20)12-16(10-13)19-17(21)11-14(2)18(3,4)5/h9-10,12,14,20H,8,11H2,1-5H3,(H,19,21). The number of carbonyl (C=O) groups excluding carboxylic acids is 1. The molecule has 3 nitrogen and oxygen atoms in total. The van der Waals surface area contributed by atoms with Gasteiger partial charge in [-0.05, 0) is 42.0 Å². The number of hydrogen-bond donors (Lipinski definition) is 2. The van der Waals surface area contributed by atoms with E-state index in [9.17, 15) is 4.79 Å². The summed E-state index contributed by atoms with van der Waals surface area (Å²) in [5, 5.41) is 11.7. The Morgan fingerprint density at radius 2 is 2.00 bits per heavy atom. The quantitative estimate of drug-likeness (QED) is 0.838. The second-order valence-electron chi connectivity index (χ2n) is 6.57. The van der Waals surface area contributed by atoms with Gasteiger partial charge in [0.1, 0.15) is 6.61 Å². The van der Waals surface area contributed by atoms with Crippen molar-refractivity contribution in [2.75, 3.05) is 11.9 Å². The van der Waals surface area contributed by atoms with Crippen molar-refractivity contribution in [1.29, 1.82) is 0 Å². The summed E-state index contributed by atoms with van der Waals surface area (Å²) in [5.74, 6) is 5.80. The summed E-state index contributed by atoms with van der Waals surface area (Å²) >= 11 is 0. The molecule has 1 aromatic rings. The van der Waals surface area contributed by atoms with E-state index >= 15 is 0 Å². The maximum Gasteiger partial charge on any atom is 0.224 e. The Labute approximate surface area is 127 Å². The first-order valence-electron chi connectivity index (χ1n) is 7.23. The van der Waals surface area contributed by atoms with E-state index in [2.05, 4.69) is 44.9 Å². The van der Waals surface area contributed by atoms with Gasteiger partial charge in [-0.1, -0.05) is 39.5 Å². The number of benzene rings is 1. The molecule has 0 aromatic heterocycles. The monoisotopic (exact) mass is 287 g/mol. The van der Waals surface area contributed by atoms with Gasteiger partial charge in [-0.15, -0.1) is 0 Å². The number of aryl methyl sites for hydroxylation is 1. The second-order valence-corrected chi connectivity index (χ2v) is 6.57. The van der Waals surface area contributed by atoms with E-state index in [0.29, 0.717) is 12.3 Å². The van der Waals surface area contributed by atoms with Gasteiger partial charge in [0.25, 0.3) is 0 Å². The first-order chi connectivity index (χ1) is 9.72. The Balaban J connectivity index is 2.79. The Kier molecular flexibility index (Phi) is 5.99. The molecule has 3 heteroatoms. The molecule has 1 aromatic carbocycles. The van der Waals surface area contributed by atoms with Crippen LogP contribution in [-0.4, -0.2) is 17.6 Å². The third-order valence-corrected chi connectivity index (χ3v) is 3.64. The Morgan fingerprint density at radius 3 is 2.57 bits per heavy atom. The lowest BCUT2D eigenvalue weighted by atomic mass is 9.80. The Morgan fingerprint density at radius 1 is 1.33 bits per heavy atom. The molecule has 0 saturated heterocycles. The SMILES string of the molecule is Cc1cc(C#CCO)cc(NC(=O)CC(C)C(C)(C)C)c1. The molecule has 0 bridgehead atoms. The lowest BCUT2D eigenvalue weighted by Gasteiger charge is -2.26. The van der Waals surface area contributed by atoms with Gasteiger partial charge in [0.2, 0.25) is 5.91 Å². The second kappa shape index (κ2) is 7.28. The summed E-state index contributed by atoms with van der Waals surface area (Å²) in [6.07, 6.45) is 0.495. The molecule has 1 unspecified atom stereocenters. The van der Waals surface area contributed by atoms with Crippen LogP contribution >= 0.6 is 0 Å².